The molecule has 0 radical (unpaired) electrons. The lowest BCUT2D eigenvalue weighted by Gasteiger charge is -2.21. The number of likely N-dealkylation sites (N-methyl/N-ethyl adjacent to an activating group) is 1. The summed E-state index contributed by atoms with van der Waals surface area (Å²) < 4.78 is 8.45. The fourth-order valence-electron chi connectivity index (χ4n) is 1.65. The van der Waals surface area contributed by atoms with Gasteiger partial charge in [0, 0.05) is 13.6 Å². The number of methoxy groups -OCH3 is 2. The summed E-state index contributed by atoms with van der Waals surface area (Å²) in [6.45, 7) is 0.433. The lowest BCUT2D eigenvalue weighted by atomic mass is 10.1. The highest BCUT2D eigenvalue weighted by Gasteiger charge is 2.33. The van der Waals surface area contributed by atoms with Crippen molar-refractivity contribution in [2.45, 2.75) is 10.2 Å². The third-order valence-corrected chi connectivity index (χ3v) is 3.26. The third kappa shape index (κ3) is 4.62. The standard InChI is InChI=1S/C13H16Cl3NO3/c1-17(12(18)13(14,15)16)7-6-9-4-5-10(19-2)11(8-9)20-3/h4-5,8H,6-7H2,1-3H3. The topological polar surface area (TPSA) is 38.8 Å². The molecule has 0 aliphatic rings. The highest BCUT2D eigenvalue weighted by molar-refractivity contribution is 6.76. The molecule has 0 aliphatic carbocycles. The molecular weight excluding hydrogens is 325 g/mol. The Morgan fingerprint density at radius 2 is 1.80 bits per heavy atom. The summed E-state index contributed by atoms with van der Waals surface area (Å²) in [6, 6.07) is 5.56. The van der Waals surface area contributed by atoms with Gasteiger partial charge in [-0.2, -0.15) is 0 Å². The number of nitrogens with zero attached hydrogens (tertiary/aromatic N) is 1. The van der Waals surface area contributed by atoms with Crippen LogP contribution in [0.4, 0.5) is 0 Å². The largest absolute Gasteiger partial charge is 0.493 e. The molecule has 1 aromatic carbocycles. The highest BCUT2D eigenvalue weighted by Crippen LogP contribution is 2.29. The molecule has 0 bridgehead atoms. The molecule has 0 N–H and O–H groups in total. The van der Waals surface area contributed by atoms with Crippen molar-refractivity contribution in [3.05, 3.63) is 23.8 Å². The zero-order valence-electron chi connectivity index (χ0n) is 11.5. The Morgan fingerprint density at radius 1 is 1.20 bits per heavy atom. The Balaban J connectivity index is 2.69. The molecule has 0 heterocycles. The smallest absolute Gasteiger partial charge is 0.274 e. The van der Waals surface area contributed by atoms with Crippen LogP contribution < -0.4 is 9.47 Å². The summed E-state index contributed by atoms with van der Waals surface area (Å²) in [6.07, 6.45) is 0.614. The van der Waals surface area contributed by atoms with Gasteiger partial charge in [0.15, 0.2) is 11.5 Å². The van der Waals surface area contributed by atoms with E-state index in [-0.39, 0.29) is 0 Å². The minimum absolute atomic E-state index is 0.433. The number of halogens is 3. The summed E-state index contributed by atoms with van der Waals surface area (Å²) in [5.74, 6) is 0.741. The van der Waals surface area contributed by atoms with Crippen molar-refractivity contribution in [1.82, 2.24) is 4.90 Å². The van der Waals surface area contributed by atoms with Gasteiger partial charge in [0.2, 0.25) is 0 Å². The van der Waals surface area contributed by atoms with E-state index >= 15 is 0 Å². The molecule has 7 heteroatoms. The number of hydrogen-bond donors (Lipinski definition) is 0. The normalized spacial score (nSPS) is 11.1. The molecular formula is C13H16Cl3NO3. The van der Waals surface area contributed by atoms with E-state index in [4.69, 9.17) is 44.3 Å². The molecule has 20 heavy (non-hydrogen) atoms. The maximum absolute atomic E-state index is 11.7. The van der Waals surface area contributed by atoms with Gasteiger partial charge in [-0.25, -0.2) is 0 Å². The lowest BCUT2D eigenvalue weighted by Crippen LogP contribution is -2.37. The van der Waals surface area contributed by atoms with Crippen LogP contribution in [0, 0.1) is 0 Å². The average Bonchev–Trinajstić information content (AvgIpc) is 2.42. The molecule has 0 unspecified atom stereocenters. The van der Waals surface area contributed by atoms with E-state index in [0.717, 1.165) is 5.56 Å². The van der Waals surface area contributed by atoms with E-state index in [2.05, 4.69) is 0 Å². The number of rotatable bonds is 5. The summed E-state index contributed by atoms with van der Waals surface area (Å²) in [4.78, 5) is 13.1. The quantitative estimate of drug-likeness (QED) is 0.773. The van der Waals surface area contributed by atoms with Crippen molar-refractivity contribution in [2.75, 3.05) is 27.8 Å². The number of alkyl halides is 3. The van der Waals surface area contributed by atoms with Crippen LogP contribution in [0.3, 0.4) is 0 Å². The van der Waals surface area contributed by atoms with Crippen LogP contribution in [-0.2, 0) is 11.2 Å². The third-order valence-electron chi connectivity index (χ3n) is 2.77. The zero-order chi connectivity index (χ0) is 15.3. The van der Waals surface area contributed by atoms with E-state index in [0.29, 0.717) is 24.5 Å². The summed E-state index contributed by atoms with van der Waals surface area (Å²) in [5, 5.41) is 0. The molecule has 112 valence electrons. The Bertz CT molecular complexity index is 474. The van der Waals surface area contributed by atoms with Crippen molar-refractivity contribution in [3.8, 4) is 11.5 Å². The second-order valence-corrected chi connectivity index (χ2v) is 6.45. The Morgan fingerprint density at radius 3 is 2.30 bits per heavy atom. The maximum Gasteiger partial charge on any atom is 0.274 e. The molecule has 1 rings (SSSR count). The number of amides is 1. The first-order valence-electron chi connectivity index (χ1n) is 5.82. The fraction of sp³-hybridized carbons (Fsp3) is 0.462. The van der Waals surface area contributed by atoms with E-state index in [1.807, 2.05) is 18.2 Å². The first-order valence-corrected chi connectivity index (χ1v) is 6.96. The summed E-state index contributed by atoms with van der Waals surface area (Å²) >= 11 is 16.7. The lowest BCUT2D eigenvalue weighted by molar-refractivity contribution is -0.128. The van der Waals surface area contributed by atoms with Crippen LogP contribution in [0.5, 0.6) is 11.5 Å². The van der Waals surface area contributed by atoms with E-state index < -0.39 is 9.70 Å². The van der Waals surface area contributed by atoms with Crippen LogP contribution in [0.15, 0.2) is 18.2 Å². The van der Waals surface area contributed by atoms with E-state index in [9.17, 15) is 4.79 Å². The van der Waals surface area contributed by atoms with Gasteiger partial charge in [-0.15, -0.1) is 0 Å². The molecule has 0 aliphatic heterocycles. The van der Waals surface area contributed by atoms with Gasteiger partial charge >= 0.3 is 0 Å². The van der Waals surface area contributed by atoms with Gasteiger partial charge in [0.1, 0.15) is 0 Å². The van der Waals surface area contributed by atoms with Gasteiger partial charge in [-0.05, 0) is 24.1 Å². The van der Waals surface area contributed by atoms with Crippen molar-refractivity contribution < 1.29 is 14.3 Å². The number of benzene rings is 1. The van der Waals surface area contributed by atoms with Gasteiger partial charge in [0.05, 0.1) is 14.2 Å². The number of carbonyl (C=O) groups excluding carboxylic acids is 1. The Labute approximate surface area is 133 Å². The summed E-state index contributed by atoms with van der Waals surface area (Å²) in [7, 11) is 4.73. The van der Waals surface area contributed by atoms with Crippen molar-refractivity contribution in [3.63, 3.8) is 0 Å². The van der Waals surface area contributed by atoms with Crippen LogP contribution in [-0.4, -0.2) is 42.4 Å². The van der Waals surface area contributed by atoms with Crippen molar-refractivity contribution >= 4 is 40.7 Å². The number of carbonyl (C=O) groups is 1. The van der Waals surface area contributed by atoms with Gasteiger partial charge < -0.3 is 14.4 Å². The second-order valence-electron chi connectivity index (χ2n) is 4.16. The molecule has 0 atom stereocenters. The Hall–Kier alpha value is -0.840. The number of ether oxygens (including phenoxy) is 2. The molecule has 0 saturated carbocycles. The van der Waals surface area contributed by atoms with Crippen LogP contribution in [0.1, 0.15) is 5.56 Å². The molecule has 1 aromatic rings. The van der Waals surface area contributed by atoms with Crippen molar-refractivity contribution in [2.24, 2.45) is 0 Å². The van der Waals surface area contributed by atoms with Gasteiger partial charge in [0.25, 0.3) is 9.70 Å². The molecule has 0 fully saturated rings. The van der Waals surface area contributed by atoms with E-state index in [1.54, 1.807) is 21.3 Å². The first kappa shape index (κ1) is 17.2. The maximum atomic E-state index is 11.7. The minimum Gasteiger partial charge on any atom is -0.493 e. The predicted molar refractivity (Wildman–Crippen MR) is 81.2 cm³/mol. The molecule has 4 nitrogen and oxygen atoms in total. The first-order chi connectivity index (χ1) is 9.29. The molecule has 0 saturated heterocycles. The van der Waals surface area contributed by atoms with Crippen LogP contribution >= 0.6 is 34.8 Å². The highest BCUT2D eigenvalue weighted by atomic mass is 35.6. The predicted octanol–water partition coefficient (Wildman–Crippen LogP) is 3.07. The van der Waals surface area contributed by atoms with E-state index in [1.165, 1.54) is 4.90 Å². The number of hydrogen-bond acceptors (Lipinski definition) is 3. The van der Waals surface area contributed by atoms with Crippen LogP contribution in [0.25, 0.3) is 0 Å². The van der Waals surface area contributed by atoms with Crippen LogP contribution in [0.2, 0.25) is 0 Å². The second kappa shape index (κ2) is 7.25. The Kier molecular flexibility index (Phi) is 6.24. The summed E-state index contributed by atoms with van der Waals surface area (Å²) in [5.41, 5.74) is 0.992. The SMILES string of the molecule is COc1ccc(CCN(C)C(=O)C(Cl)(Cl)Cl)cc1OC. The van der Waals surface area contributed by atoms with Crippen molar-refractivity contribution in [1.29, 1.82) is 0 Å². The monoisotopic (exact) mass is 339 g/mol. The van der Waals surface area contributed by atoms with Gasteiger partial charge in [-0.1, -0.05) is 40.9 Å². The fourth-order valence-corrected chi connectivity index (χ4v) is 2.08. The molecule has 0 aromatic heterocycles. The molecule has 1 amide bonds. The zero-order valence-corrected chi connectivity index (χ0v) is 13.7. The molecule has 0 spiro atoms. The van der Waals surface area contributed by atoms with Gasteiger partial charge in [-0.3, -0.25) is 4.79 Å². The average molecular weight is 341 g/mol. The minimum atomic E-state index is -1.92.